The van der Waals surface area contributed by atoms with Crippen LogP contribution in [0.1, 0.15) is 31.4 Å². The van der Waals surface area contributed by atoms with Crippen molar-refractivity contribution >= 4 is 11.9 Å². The predicted molar refractivity (Wildman–Crippen MR) is 94.8 cm³/mol. The maximum absolute atomic E-state index is 12.3. The number of halogens is 3. The van der Waals surface area contributed by atoms with Crippen LogP contribution in [-0.4, -0.2) is 59.9 Å². The molecule has 162 valence electrons. The number of fused-ring (bicyclic) bond motifs is 1. The molecule has 1 aliphatic carbocycles. The highest BCUT2D eigenvalue weighted by atomic mass is 19.4. The van der Waals surface area contributed by atoms with Crippen LogP contribution in [0.25, 0.3) is 0 Å². The zero-order valence-electron chi connectivity index (χ0n) is 15.9. The van der Waals surface area contributed by atoms with Gasteiger partial charge in [0.15, 0.2) is 0 Å². The summed E-state index contributed by atoms with van der Waals surface area (Å²) in [7, 11) is 0. The standard InChI is InChI=1S/C17H24N2O3.C2HF3O2/c20-17(18-9-14-2-1-7-21-14)15-8-13-5-6-19(10-12-3-4-12)11-16(13)22-15;3-2(4,5)1(6)7/h1-2,7,12-13,15-16H,3-6,8-11H2,(H,18,20);(H,6,7)/t13-,15+,16-;/m0./s1. The Morgan fingerprint density at radius 3 is 2.59 bits per heavy atom. The van der Waals surface area contributed by atoms with Crippen LogP contribution >= 0.6 is 0 Å². The van der Waals surface area contributed by atoms with Crippen LogP contribution in [0.3, 0.4) is 0 Å². The average molecular weight is 418 g/mol. The fraction of sp³-hybridized carbons (Fsp3) is 0.684. The number of carbonyl (C=O) groups excluding carboxylic acids is 1. The van der Waals surface area contributed by atoms with E-state index in [-0.39, 0.29) is 18.1 Å². The Balaban J connectivity index is 0.000000298. The maximum atomic E-state index is 12.3. The van der Waals surface area contributed by atoms with E-state index in [9.17, 15) is 18.0 Å². The van der Waals surface area contributed by atoms with Gasteiger partial charge >= 0.3 is 12.1 Å². The highest BCUT2D eigenvalue weighted by molar-refractivity contribution is 5.81. The van der Waals surface area contributed by atoms with Crippen LogP contribution in [0, 0.1) is 11.8 Å². The fourth-order valence-corrected chi connectivity index (χ4v) is 3.70. The quantitative estimate of drug-likeness (QED) is 0.763. The third-order valence-electron chi connectivity index (χ3n) is 5.40. The molecule has 0 bridgehead atoms. The lowest BCUT2D eigenvalue weighted by atomic mass is 9.91. The molecule has 1 aromatic rings. The molecule has 3 atom stereocenters. The number of rotatable bonds is 5. The van der Waals surface area contributed by atoms with E-state index in [0.29, 0.717) is 12.5 Å². The van der Waals surface area contributed by atoms with Crippen molar-refractivity contribution in [2.24, 2.45) is 11.8 Å². The number of furan rings is 1. The average Bonchev–Trinajstić information content (AvgIpc) is 3.16. The van der Waals surface area contributed by atoms with Gasteiger partial charge in [-0.1, -0.05) is 0 Å². The molecule has 1 saturated carbocycles. The van der Waals surface area contributed by atoms with Crippen LogP contribution in [0.4, 0.5) is 13.2 Å². The topological polar surface area (TPSA) is 92.0 Å². The minimum Gasteiger partial charge on any atom is -0.475 e. The number of hydrogen-bond acceptors (Lipinski definition) is 5. The number of alkyl halides is 3. The van der Waals surface area contributed by atoms with Crippen molar-refractivity contribution in [2.45, 2.75) is 50.6 Å². The van der Waals surface area contributed by atoms with Crippen LogP contribution in [-0.2, 0) is 20.9 Å². The fourth-order valence-electron chi connectivity index (χ4n) is 3.70. The summed E-state index contributed by atoms with van der Waals surface area (Å²) in [6.45, 7) is 3.83. The number of hydrogen-bond donors (Lipinski definition) is 2. The Morgan fingerprint density at radius 2 is 2.00 bits per heavy atom. The maximum Gasteiger partial charge on any atom is 0.490 e. The highest BCUT2D eigenvalue weighted by Gasteiger charge is 2.42. The molecule has 1 amide bonds. The van der Waals surface area contributed by atoms with Crippen LogP contribution in [0.15, 0.2) is 22.8 Å². The lowest BCUT2D eigenvalue weighted by Gasteiger charge is -2.34. The van der Waals surface area contributed by atoms with Crippen LogP contribution in [0.2, 0.25) is 0 Å². The van der Waals surface area contributed by atoms with E-state index in [0.717, 1.165) is 24.6 Å². The number of ether oxygens (including phenoxy) is 1. The van der Waals surface area contributed by atoms with Crippen LogP contribution < -0.4 is 5.32 Å². The summed E-state index contributed by atoms with van der Waals surface area (Å²) in [4.78, 5) is 23.7. The smallest absolute Gasteiger partial charge is 0.475 e. The van der Waals surface area contributed by atoms with Gasteiger partial charge in [-0.3, -0.25) is 4.79 Å². The second kappa shape index (κ2) is 9.17. The van der Waals surface area contributed by atoms with Crippen molar-refractivity contribution < 1.29 is 37.0 Å². The Bertz CT molecular complexity index is 691. The largest absolute Gasteiger partial charge is 0.490 e. The molecule has 3 aliphatic rings. The molecular weight excluding hydrogens is 393 g/mol. The van der Waals surface area contributed by atoms with Gasteiger partial charge in [0.25, 0.3) is 0 Å². The number of carboxylic acid groups (broad SMARTS) is 1. The molecule has 3 fully saturated rings. The van der Waals surface area contributed by atoms with Gasteiger partial charge in [0, 0.05) is 13.1 Å². The Labute approximate surface area is 166 Å². The summed E-state index contributed by atoms with van der Waals surface area (Å²) in [6, 6.07) is 3.70. The minimum atomic E-state index is -5.08. The van der Waals surface area contributed by atoms with Crippen molar-refractivity contribution in [1.82, 2.24) is 10.2 Å². The summed E-state index contributed by atoms with van der Waals surface area (Å²) < 4.78 is 43.0. The lowest BCUT2D eigenvalue weighted by molar-refractivity contribution is -0.192. The number of nitrogens with one attached hydrogen (secondary N) is 1. The van der Waals surface area contributed by atoms with E-state index >= 15 is 0 Å². The van der Waals surface area contributed by atoms with E-state index in [2.05, 4.69) is 10.2 Å². The molecule has 3 heterocycles. The van der Waals surface area contributed by atoms with Gasteiger partial charge < -0.3 is 24.5 Å². The van der Waals surface area contributed by atoms with Gasteiger partial charge in [-0.05, 0) is 56.2 Å². The number of carboxylic acids is 1. The van der Waals surface area contributed by atoms with Gasteiger partial charge in [0.1, 0.15) is 11.9 Å². The monoisotopic (exact) mass is 418 g/mol. The molecule has 0 aromatic carbocycles. The van der Waals surface area contributed by atoms with E-state index in [1.165, 1.54) is 32.4 Å². The first kappa shape index (κ1) is 21.6. The summed E-state index contributed by atoms with van der Waals surface area (Å²) >= 11 is 0. The molecule has 2 aliphatic heterocycles. The zero-order valence-corrected chi connectivity index (χ0v) is 15.9. The van der Waals surface area contributed by atoms with Gasteiger partial charge in [0.2, 0.25) is 5.91 Å². The van der Waals surface area contributed by atoms with Gasteiger partial charge in [-0.25, -0.2) is 4.79 Å². The summed E-state index contributed by atoms with van der Waals surface area (Å²) in [5.74, 6) is -0.508. The van der Waals surface area contributed by atoms with Crippen molar-refractivity contribution in [3.8, 4) is 0 Å². The van der Waals surface area contributed by atoms with E-state index in [1.54, 1.807) is 6.26 Å². The first-order chi connectivity index (χ1) is 13.7. The number of carbonyl (C=O) groups is 2. The SMILES string of the molecule is O=C(NCc1ccco1)[C@H]1C[C@@H]2CCN(CC3CC3)C[C@@H]2O1.O=C(O)C(F)(F)F. The molecule has 1 aromatic heterocycles. The number of amides is 1. The van der Waals surface area contributed by atoms with E-state index in [4.69, 9.17) is 19.1 Å². The number of piperidine rings is 1. The molecule has 0 radical (unpaired) electrons. The predicted octanol–water partition coefficient (Wildman–Crippen LogP) is 2.42. The molecule has 4 rings (SSSR count). The number of likely N-dealkylation sites (tertiary alicyclic amines) is 1. The third-order valence-corrected chi connectivity index (χ3v) is 5.40. The molecule has 7 nitrogen and oxygen atoms in total. The third kappa shape index (κ3) is 6.46. The van der Waals surface area contributed by atoms with Crippen LogP contribution in [0.5, 0.6) is 0 Å². The Morgan fingerprint density at radius 1 is 1.28 bits per heavy atom. The molecule has 2 saturated heterocycles. The van der Waals surface area contributed by atoms with Crippen molar-refractivity contribution in [3.63, 3.8) is 0 Å². The van der Waals surface area contributed by atoms with Gasteiger partial charge in [0.05, 0.1) is 18.9 Å². The Hall–Kier alpha value is -2.07. The molecular formula is C19H25F3N2O5. The summed E-state index contributed by atoms with van der Waals surface area (Å²) in [6.07, 6.45) is 1.31. The normalized spacial score (nSPS) is 26.9. The molecule has 2 N–H and O–H groups in total. The first-order valence-electron chi connectivity index (χ1n) is 9.70. The number of aliphatic carboxylic acids is 1. The zero-order chi connectivity index (χ0) is 21.0. The van der Waals surface area contributed by atoms with Gasteiger partial charge in [-0.15, -0.1) is 0 Å². The molecule has 29 heavy (non-hydrogen) atoms. The highest BCUT2D eigenvalue weighted by Crippen LogP contribution is 2.36. The second-order valence-corrected chi connectivity index (χ2v) is 7.75. The molecule has 0 unspecified atom stereocenters. The number of nitrogens with zero attached hydrogens (tertiary/aromatic N) is 1. The lowest BCUT2D eigenvalue weighted by Crippen LogP contribution is -2.43. The molecule has 0 spiro atoms. The summed E-state index contributed by atoms with van der Waals surface area (Å²) in [5, 5.41) is 10.0. The summed E-state index contributed by atoms with van der Waals surface area (Å²) in [5.41, 5.74) is 0. The van der Waals surface area contributed by atoms with Crippen molar-refractivity contribution in [3.05, 3.63) is 24.2 Å². The second-order valence-electron chi connectivity index (χ2n) is 7.75. The van der Waals surface area contributed by atoms with E-state index in [1.807, 2.05) is 12.1 Å². The van der Waals surface area contributed by atoms with E-state index < -0.39 is 12.1 Å². The van der Waals surface area contributed by atoms with Gasteiger partial charge in [-0.2, -0.15) is 13.2 Å². The van der Waals surface area contributed by atoms with Crippen molar-refractivity contribution in [2.75, 3.05) is 19.6 Å². The molecule has 10 heteroatoms. The minimum absolute atomic E-state index is 0.000423. The first-order valence-corrected chi connectivity index (χ1v) is 9.70. The Kier molecular flexibility index (Phi) is 6.84. The van der Waals surface area contributed by atoms with Crippen molar-refractivity contribution in [1.29, 1.82) is 0 Å².